The molecule has 1 aliphatic heterocycles. The molecule has 1 amide bonds. The van der Waals surface area contributed by atoms with E-state index in [0.717, 1.165) is 0 Å². The van der Waals surface area contributed by atoms with E-state index in [0.29, 0.717) is 52.4 Å². The molecule has 31 heavy (non-hydrogen) atoms. The molecular formula is C17H33GdN6O7. The number of hydrogen-bond donors (Lipinski definition) is 5. The number of amides is 1. The first-order valence-corrected chi connectivity index (χ1v) is 10.7. The van der Waals surface area contributed by atoms with Crippen LogP contribution in [0.1, 0.15) is 0 Å². The van der Waals surface area contributed by atoms with Crippen molar-refractivity contribution in [3.63, 3.8) is 0 Å². The second kappa shape index (κ2) is 17.5. The summed E-state index contributed by atoms with van der Waals surface area (Å²) in [6.07, 6.45) is 0. The van der Waals surface area contributed by atoms with E-state index in [1.165, 1.54) is 0 Å². The Bertz CT molecular complexity index is 545. The molecule has 0 spiro atoms. The summed E-state index contributed by atoms with van der Waals surface area (Å²) in [5, 5.41) is 29.5. The zero-order chi connectivity index (χ0) is 23.8. The van der Waals surface area contributed by atoms with E-state index in [-0.39, 0.29) is 32.1 Å². The van der Waals surface area contributed by atoms with E-state index in [4.69, 9.17) is 21.1 Å². The first kappa shape index (κ1) is 30.0. The molecule has 1 rings (SSSR count). The molecule has 1 saturated heterocycles. The summed E-state index contributed by atoms with van der Waals surface area (Å²) >= 11 is 1.70. The van der Waals surface area contributed by atoms with Gasteiger partial charge in [-0.15, -0.1) is 0 Å². The molecule has 1 heterocycles. The van der Waals surface area contributed by atoms with Crippen LogP contribution in [-0.4, -0.2) is 141 Å². The van der Waals surface area contributed by atoms with Gasteiger partial charge in [0.2, 0.25) is 5.91 Å². The number of rotatable bonds is 7. The van der Waals surface area contributed by atoms with E-state index in [1.807, 2.05) is 0 Å². The molecule has 0 aliphatic carbocycles. The number of likely N-dealkylation sites (N-methyl/N-ethyl adjacent to an activating group) is 1. The van der Waals surface area contributed by atoms with Gasteiger partial charge >= 0.3 is 174 Å². The predicted octanol–water partition coefficient (Wildman–Crippen LogP) is -3.38. The fourth-order valence-electron chi connectivity index (χ4n) is 2.66. The summed E-state index contributed by atoms with van der Waals surface area (Å²) in [5.41, 5.74) is 4.87. The zero-order valence-electron chi connectivity index (χ0n) is 17.7. The van der Waals surface area contributed by atoms with E-state index >= 15 is 0 Å². The summed E-state index contributed by atoms with van der Waals surface area (Å²) in [4.78, 5) is 48.3. The maximum atomic E-state index is 11.0. The molecule has 1 fully saturated rings. The molecule has 0 bridgehead atoms. The van der Waals surface area contributed by atoms with Gasteiger partial charge in [-0.25, -0.2) is 0 Å². The van der Waals surface area contributed by atoms with Gasteiger partial charge in [0, 0.05) is 7.05 Å². The van der Waals surface area contributed by atoms with Gasteiger partial charge in [0.15, 0.2) is 0 Å². The van der Waals surface area contributed by atoms with Crippen molar-refractivity contribution in [1.29, 1.82) is 0 Å². The SMILES string of the molecule is CNC(=O)CN.O=C(O)CN1CC[N]([Gd])CCN(CC(=O)O)CCN(CC(=O)O)CC1. The fraction of sp³-hybridized carbons (Fsp3) is 0.765. The molecule has 14 heteroatoms. The molecule has 0 aromatic heterocycles. The average Bonchev–Trinajstić information content (AvgIpc) is 2.69. The van der Waals surface area contributed by atoms with Gasteiger partial charge < -0.3 is 11.1 Å². The Balaban J connectivity index is 0.00000131. The number of aliphatic carboxylic acids is 3. The van der Waals surface area contributed by atoms with Crippen LogP contribution in [0, 0.1) is 38.3 Å². The first-order valence-electron chi connectivity index (χ1n) is 9.70. The average molecular weight is 591 g/mol. The van der Waals surface area contributed by atoms with Crippen LogP contribution < -0.4 is 11.1 Å². The molecule has 0 saturated carbocycles. The first-order chi connectivity index (χ1) is 14.6. The molecule has 13 nitrogen and oxygen atoms in total. The van der Waals surface area contributed by atoms with Crippen LogP contribution in [0.5, 0.6) is 0 Å². The van der Waals surface area contributed by atoms with Crippen molar-refractivity contribution in [3.8, 4) is 0 Å². The van der Waals surface area contributed by atoms with Gasteiger partial charge in [0.05, 0.1) is 6.54 Å². The van der Waals surface area contributed by atoms with Gasteiger partial charge in [-0.3, -0.25) is 4.79 Å². The van der Waals surface area contributed by atoms with E-state index < -0.39 is 17.9 Å². The minimum atomic E-state index is -0.956. The Morgan fingerprint density at radius 2 is 1.03 bits per heavy atom. The Hall–Kier alpha value is -0.995. The Morgan fingerprint density at radius 3 is 1.23 bits per heavy atom. The second-order valence-corrected chi connectivity index (χ2v) is 8.22. The predicted molar refractivity (Wildman–Crippen MR) is 107 cm³/mol. The van der Waals surface area contributed by atoms with Gasteiger partial charge in [-0.05, 0) is 0 Å². The van der Waals surface area contributed by atoms with E-state index in [9.17, 15) is 19.2 Å². The number of carboxylic acid groups (broad SMARTS) is 3. The molecule has 0 radical (unpaired) electrons. The number of nitrogens with one attached hydrogen (secondary N) is 1. The van der Waals surface area contributed by atoms with Crippen LogP contribution in [-0.2, 0) is 19.2 Å². The Labute approximate surface area is 208 Å². The molecular weight excluding hydrogens is 557 g/mol. The maximum absolute atomic E-state index is 11.0. The van der Waals surface area contributed by atoms with Crippen LogP contribution in [0.2, 0.25) is 0 Å². The Morgan fingerprint density at radius 1 is 0.742 bits per heavy atom. The number of carbonyl (C=O) groups excluding carboxylic acids is 1. The number of carbonyl (C=O) groups is 4. The van der Waals surface area contributed by atoms with Crippen LogP contribution in [0.25, 0.3) is 0 Å². The van der Waals surface area contributed by atoms with Crippen LogP contribution in [0.4, 0.5) is 0 Å². The number of nitrogens with two attached hydrogens (primary N) is 1. The molecule has 6 N–H and O–H groups in total. The summed E-state index contributed by atoms with van der Waals surface area (Å²) in [6.45, 7) is 4.00. The van der Waals surface area contributed by atoms with Crippen molar-refractivity contribution in [2.45, 2.75) is 0 Å². The van der Waals surface area contributed by atoms with Crippen molar-refractivity contribution in [2.24, 2.45) is 5.73 Å². The molecule has 0 aromatic carbocycles. The molecule has 1 aliphatic rings. The Kier molecular flexibility index (Phi) is 17.0. The standard InChI is InChI=1S/C14H25N4O6.C3H8N2O.Gd/c19-12(20)9-16-3-1-15-2-4-17(10-13(21)22)6-8-18(7-5-16)11-14(23)24;1-5-3(6)2-4;/h1-11H2,(H,19,20)(H,21,22)(H,23,24);2,4H2,1H3,(H,5,6);/q-1;;+1. The normalized spacial score (nSPS) is 18.0. The van der Waals surface area contributed by atoms with E-state index in [2.05, 4.69) is 6.42 Å². The van der Waals surface area contributed by atoms with Crippen LogP contribution >= 0.6 is 0 Å². The molecule has 181 valence electrons. The van der Waals surface area contributed by atoms with Crippen LogP contribution in [0.3, 0.4) is 0 Å². The van der Waals surface area contributed by atoms with Gasteiger partial charge in [-0.2, -0.15) is 0 Å². The second-order valence-electron chi connectivity index (χ2n) is 6.78. The summed E-state index contributed by atoms with van der Waals surface area (Å²) in [7, 11) is 1.55. The third kappa shape index (κ3) is 17.3. The zero-order valence-corrected chi connectivity index (χ0v) is 19.9. The monoisotopic (exact) mass is 591 g/mol. The number of nitrogens with zero attached hydrogens (tertiary/aromatic N) is 4. The summed E-state index contributed by atoms with van der Waals surface area (Å²) < 4.78 is 2.07. The fourth-order valence-corrected chi connectivity index (χ4v) is 3.11. The summed E-state index contributed by atoms with van der Waals surface area (Å²) in [5.74, 6) is -2.90. The van der Waals surface area contributed by atoms with Crippen molar-refractivity contribution < 1.29 is 72.8 Å². The van der Waals surface area contributed by atoms with Crippen molar-refractivity contribution in [3.05, 3.63) is 0 Å². The minimum absolute atomic E-state index is 0.0799. The number of hydrogen-bond acceptors (Lipinski definition) is 9. The molecule has 0 unspecified atom stereocenters. The molecule has 0 aromatic rings. The van der Waals surface area contributed by atoms with Crippen molar-refractivity contribution in [2.75, 3.05) is 85.6 Å². The summed E-state index contributed by atoms with van der Waals surface area (Å²) in [6, 6.07) is 0. The van der Waals surface area contributed by atoms with Crippen molar-refractivity contribution in [1.82, 2.24) is 21.1 Å². The van der Waals surface area contributed by atoms with Gasteiger partial charge in [0.25, 0.3) is 0 Å². The third-order valence-corrected chi connectivity index (χ3v) is 5.33. The van der Waals surface area contributed by atoms with Gasteiger partial charge in [0.1, 0.15) is 0 Å². The number of carboxylic acids is 3. The van der Waals surface area contributed by atoms with Crippen LogP contribution in [0.15, 0.2) is 0 Å². The quantitative estimate of drug-likeness (QED) is 0.199. The van der Waals surface area contributed by atoms with E-state index in [1.54, 1.807) is 60.0 Å². The third-order valence-electron chi connectivity index (χ3n) is 4.31. The van der Waals surface area contributed by atoms with Gasteiger partial charge in [-0.1, -0.05) is 0 Å². The topological polar surface area (TPSA) is 180 Å². The van der Waals surface area contributed by atoms with Crippen molar-refractivity contribution >= 4 is 23.8 Å². The molecule has 0 atom stereocenters.